The molecular weight excluding hydrogens is 315 g/mol. The molecule has 124 valence electrons. The highest BCUT2D eigenvalue weighted by molar-refractivity contribution is 6.70. The third kappa shape index (κ3) is 5.96. The fraction of sp³-hybridized carbons (Fsp3) is 0.500. The van der Waals surface area contributed by atoms with Crippen molar-refractivity contribution in [1.29, 1.82) is 0 Å². The highest BCUT2D eigenvalue weighted by atomic mass is 28.4. The van der Waals surface area contributed by atoms with Crippen LogP contribution in [0.1, 0.15) is 5.56 Å². The number of methoxy groups -OCH3 is 1. The number of halogens is 3. The number of nitrogens with one attached hydrogen (secondary N) is 1. The van der Waals surface area contributed by atoms with Crippen LogP contribution >= 0.6 is 0 Å². The van der Waals surface area contributed by atoms with Crippen LogP contribution in [0.3, 0.4) is 0 Å². The molecule has 1 aromatic rings. The van der Waals surface area contributed by atoms with E-state index in [1.54, 1.807) is 18.2 Å². The van der Waals surface area contributed by atoms with E-state index in [9.17, 15) is 18.0 Å². The van der Waals surface area contributed by atoms with Crippen molar-refractivity contribution in [2.24, 2.45) is 0 Å². The van der Waals surface area contributed by atoms with Crippen LogP contribution in [-0.4, -0.2) is 34.1 Å². The maximum atomic E-state index is 12.1. The average Bonchev–Trinajstić information content (AvgIpc) is 2.37. The maximum absolute atomic E-state index is 12.1. The van der Waals surface area contributed by atoms with E-state index < -0.39 is 20.4 Å². The molecule has 0 aliphatic carbocycles. The monoisotopic (exact) mass is 335 g/mol. The molecule has 0 unspecified atom stereocenters. The number of rotatable bonds is 6. The molecule has 22 heavy (non-hydrogen) atoms. The minimum Gasteiger partial charge on any atom is -0.542 e. The summed E-state index contributed by atoms with van der Waals surface area (Å²) in [5.74, 6) is -0.787. The molecule has 0 fully saturated rings. The molecule has 0 atom stereocenters. The summed E-state index contributed by atoms with van der Waals surface area (Å²) in [5.41, 5.74) is 0.752. The largest absolute Gasteiger partial charge is 0.542 e. The van der Waals surface area contributed by atoms with Gasteiger partial charge in [0, 0.05) is 6.54 Å². The van der Waals surface area contributed by atoms with E-state index in [0.717, 1.165) is 5.56 Å². The second-order valence-corrected chi connectivity index (χ2v) is 10.1. The summed E-state index contributed by atoms with van der Waals surface area (Å²) >= 11 is 0. The second kappa shape index (κ2) is 7.04. The topological polar surface area (TPSA) is 47.6 Å². The maximum Gasteiger partial charge on any atom is 0.471 e. The van der Waals surface area contributed by atoms with Gasteiger partial charge in [-0.25, -0.2) is 0 Å². The molecule has 1 N–H and O–H groups in total. The van der Waals surface area contributed by atoms with Crippen LogP contribution in [0.25, 0.3) is 0 Å². The first-order chi connectivity index (χ1) is 10.0. The number of ether oxygens (including phenoxy) is 1. The van der Waals surface area contributed by atoms with Gasteiger partial charge in [0.05, 0.1) is 7.11 Å². The zero-order valence-corrected chi connectivity index (χ0v) is 14.0. The molecule has 0 bridgehead atoms. The molecule has 0 aromatic heterocycles. The molecule has 1 rings (SSSR count). The molecule has 0 saturated carbocycles. The number of hydrogen-bond acceptors (Lipinski definition) is 3. The first-order valence-corrected chi connectivity index (χ1v) is 10.1. The number of benzene rings is 1. The van der Waals surface area contributed by atoms with Gasteiger partial charge in [-0.3, -0.25) is 4.79 Å². The van der Waals surface area contributed by atoms with Crippen molar-refractivity contribution in [2.45, 2.75) is 32.2 Å². The van der Waals surface area contributed by atoms with Crippen LogP contribution in [-0.2, 0) is 11.2 Å². The summed E-state index contributed by atoms with van der Waals surface area (Å²) in [6.45, 7) is 6.00. The number of hydrogen-bond donors (Lipinski definition) is 1. The van der Waals surface area contributed by atoms with E-state index in [1.165, 1.54) is 7.11 Å². The molecule has 1 amide bonds. The van der Waals surface area contributed by atoms with Gasteiger partial charge in [0.2, 0.25) is 8.32 Å². The molecule has 0 aliphatic heterocycles. The average molecular weight is 335 g/mol. The van der Waals surface area contributed by atoms with Crippen LogP contribution in [0.2, 0.25) is 19.6 Å². The lowest BCUT2D eigenvalue weighted by molar-refractivity contribution is -0.173. The van der Waals surface area contributed by atoms with Crippen molar-refractivity contribution in [3.8, 4) is 11.5 Å². The van der Waals surface area contributed by atoms with Crippen molar-refractivity contribution in [3.05, 3.63) is 23.8 Å². The first kappa shape index (κ1) is 18.3. The lowest BCUT2D eigenvalue weighted by atomic mass is 10.1. The number of carbonyl (C=O) groups excluding carboxylic acids is 1. The highest BCUT2D eigenvalue weighted by Gasteiger charge is 2.38. The fourth-order valence-corrected chi connectivity index (χ4v) is 2.53. The molecule has 0 radical (unpaired) electrons. The van der Waals surface area contributed by atoms with E-state index in [0.29, 0.717) is 11.5 Å². The SMILES string of the molecule is COc1cc(CCNC(=O)C(F)(F)F)ccc1O[Si](C)(C)C. The Bertz CT molecular complexity index is 527. The zero-order valence-electron chi connectivity index (χ0n) is 13.0. The summed E-state index contributed by atoms with van der Waals surface area (Å²) in [6, 6.07) is 5.19. The van der Waals surface area contributed by atoms with Crippen LogP contribution in [0.15, 0.2) is 18.2 Å². The molecule has 4 nitrogen and oxygen atoms in total. The quantitative estimate of drug-likeness (QED) is 0.813. The Balaban J connectivity index is 2.68. The molecule has 0 heterocycles. The summed E-state index contributed by atoms with van der Waals surface area (Å²) in [7, 11) is -0.285. The Kier molecular flexibility index (Phi) is 5.87. The molecule has 8 heteroatoms. The lowest BCUT2D eigenvalue weighted by Gasteiger charge is -2.21. The van der Waals surface area contributed by atoms with Gasteiger partial charge in [-0.05, 0) is 43.8 Å². The van der Waals surface area contributed by atoms with Gasteiger partial charge in [-0.15, -0.1) is 0 Å². The lowest BCUT2D eigenvalue weighted by Crippen LogP contribution is -2.37. The molecular formula is C14H20F3NO3Si. The third-order valence-electron chi connectivity index (χ3n) is 2.60. The normalized spacial score (nSPS) is 12.0. The van der Waals surface area contributed by atoms with E-state index >= 15 is 0 Å². The first-order valence-electron chi connectivity index (χ1n) is 6.74. The number of amides is 1. The Morgan fingerprint density at radius 1 is 1.23 bits per heavy atom. The summed E-state index contributed by atoms with van der Waals surface area (Å²) in [4.78, 5) is 10.7. The van der Waals surface area contributed by atoms with Crippen molar-refractivity contribution in [2.75, 3.05) is 13.7 Å². The minimum atomic E-state index is -4.85. The predicted molar refractivity (Wildman–Crippen MR) is 79.7 cm³/mol. The summed E-state index contributed by atoms with van der Waals surface area (Å²) in [6.07, 6.45) is -4.59. The molecule has 0 saturated heterocycles. The Morgan fingerprint density at radius 2 is 1.86 bits per heavy atom. The molecule has 1 aromatic carbocycles. The third-order valence-corrected chi connectivity index (χ3v) is 3.43. The van der Waals surface area contributed by atoms with Crippen LogP contribution in [0.4, 0.5) is 13.2 Å². The van der Waals surface area contributed by atoms with Gasteiger partial charge in [-0.1, -0.05) is 6.07 Å². The van der Waals surface area contributed by atoms with E-state index in [2.05, 4.69) is 0 Å². The molecule has 0 aliphatic rings. The van der Waals surface area contributed by atoms with Crippen molar-refractivity contribution in [1.82, 2.24) is 5.32 Å². The molecule has 0 spiro atoms. The van der Waals surface area contributed by atoms with Gasteiger partial charge < -0.3 is 14.5 Å². The number of alkyl halides is 3. The fourth-order valence-electron chi connectivity index (χ4n) is 1.70. The smallest absolute Gasteiger partial charge is 0.471 e. The second-order valence-electron chi connectivity index (χ2n) is 5.70. The van der Waals surface area contributed by atoms with Crippen molar-refractivity contribution >= 4 is 14.2 Å². The van der Waals surface area contributed by atoms with Crippen molar-refractivity contribution < 1.29 is 27.1 Å². The van der Waals surface area contributed by atoms with Crippen LogP contribution in [0.5, 0.6) is 11.5 Å². The Hall–Kier alpha value is -1.70. The van der Waals surface area contributed by atoms with Gasteiger partial charge in [0.1, 0.15) is 5.75 Å². The summed E-state index contributed by atoms with van der Waals surface area (Å²) in [5, 5.41) is 1.83. The van der Waals surface area contributed by atoms with Crippen LogP contribution in [0, 0.1) is 0 Å². The van der Waals surface area contributed by atoms with Gasteiger partial charge in [0.25, 0.3) is 0 Å². The van der Waals surface area contributed by atoms with Gasteiger partial charge >= 0.3 is 12.1 Å². The van der Waals surface area contributed by atoms with E-state index in [1.807, 2.05) is 25.0 Å². The predicted octanol–water partition coefficient (Wildman–Crippen LogP) is 3.13. The summed E-state index contributed by atoms with van der Waals surface area (Å²) < 4.78 is 47.3. The zero-order chi connectivity index (χ0) is 17.0. The van der Waals surface area contributed by atoms with Crippen LogP contribution < -0.4 is 14.5 Å². The van der Waals surface area contributed by atoms with Gasteiger partial charge in [0.15, 0.2) is 5.75 Å². The van der Waals surface area contributed by atoms with Crippen molar-refractivity contribution in [3.63, 3.8) is 0 Å². The highest BCUT2D eigenvalue weighted by Crippen LogP contribution is 2.30. The number of carbonyl (C=O) groups is 1. The Morgan fingerprint density at radius 3 is 2.36 bits per heavy atom. The minimum absolute atomic E-state index is 0.101. The Labute approximate surface area is 128 Å². The van der Waals surface area contributed by atoms with E-state index in [4.69, 9.17) is 9.16 Å². The van der Waals surface area contributed by atoms with E-state index in [-0.39, 0.29) is 13.0 Å². The standard InChI is InChI=1S/C14H20F3NO3Si/c1-20-12-9-10(5-6-11(12)21-22(2,3)4)7-8-18-13(19)14(15,16)17/h5-6,9H,7-8H2,1-4H3,(H,18,19). The van der Waals surface area contributed by atoms with Gasteiger partial charge in [-0.2, -0.15) is 13.2 Å².